The van der Waals surface area contributed by atoms with E-state index in [1.807, 2.05) is 60.7 Å². The quantitative estimate of drug-likeness (QED) is 0.577. The summed E-state index contributed by atoms with van der Waals surface area (Å²) in [6.07, 6.45) is 2.04. The molecule has 1 amide bonds. The molecule has 0 radical (unpaired) electrons. The van der Waals surface area contributed by atoms with E-state index < -0.39 is 11.9 Å². The summed E-state index contributed by atoms with van der Waals surface area (Å²) in [6.45, 7) is 0.468. The predicted octanol–water partition coefficient (Wildman–Crippen LogP) is 3.79. The fourth-order valence-corrected chi connectivity index (χ4v) is 3.97. The van der Waals surface area contributed by atoms with Gasteiger partial charge in [0.2, 0.25) is 5.91 Å². The Hall–Kier alpha value is -3.21. The van der Waals surface area contributed by atoms with Crippen molar-refractivity contribution in [2.24, 2.45) is 5.92 Å². The Bertz CT molecular complexity index is 949. The number of rotatable bonds is 5. The minimum absolute atomic E-state index is 0.0395. The lowest BCUT2D eigenvalue weighted by Crippen LogP contribution is -2.45. The normalized spacial score (nSPS) is 19.2. The van der Waals surface area contributed by atoms with Crippen LogP contribution in [0.4, 0.5) is 0 Å². The number of amides is 1. The number of carbonyl (C=O) groups excluding carboxylic acids is 3. The van der Waals surface area contributed by atoms with Gasteiger partial charge in [-0.2, -0.15) is 0 Å². The molecule has 1 heterocycles. The molecule has 0 N–H and O–H groups in total. The third-order valence-electron chi connectivity index (χ3n) is 5.49. The van der Waals surface area contributed by atoms with Gasteiger partial charge in [0.15, 0.2) is 5.78 Å². The largest absolute Gasteiger partial charge is 0.460 e. The maximum atomic E-state index is 13.2. The second-order valence-electron chi connectivity index (χ2n) is 7.46. The van der Waals surface area contributed by atoms with Crippen molar-refractivity contribution in [3.63, 3.8) is 0 Å². The molecule has 1 unspecified atom stereocenters. The average molecular weight is 389 g/mol. The molecule has 1 atom stereocenters. The van der Waals surface area contributed by atoms with Crippen LogP contribution < -0.4 is 0 Å². The molecule has 5 nitrogen and oxygen atoms in total. The monoisotopic (exact) mass is 389 g/mol. The fraction of sp³-hybridized carbons (Fsp3) is 0.292. The molecule has 0 saturated heterocycles. The zero-order valence-electron chi connectivity index (χ0n) is 16.2. The molecular weight excluding hydrogens is 366 g/mol. The summed E-state index contributed by atoms with van der Waals surface area (Å²) in [5.41, 5.74) is 3.22. The lowest BCUT2D eigenvalue weighted by molar-refractivity contribution is -0.157. The molecule has 29 heavy (non-hydrogen) atoms. The molecular formula is C24H23NO4. The van der Waals surface area contributed by atoms with Crippen molar-refractivity contribution in [3.05, 3.63) is 83.1 Å². The maximum Gasteiger partial charge on any atom is 0.319 e. The van der Waals surface area contributed by atoms with E-state index in [1.165, 1.54) is 0 Å². The van der Waals surface area contributed by atoms with E-state index in [1.54, 1.807) is 4.90 Å². The van der Waals surface area contributed by atoms with E-state index in [-0.39, 0.29) is 24.7 Å². The minimum Gasteiger partial charge on any atom is -0.460 e. The third-order valence-corrected chi connectivity index (χ3v) is 5.49. The molecule has 0 saturated carbocycles. The average Bonchev–Trinajstić information content (AvgIpc) is 2.75. The first-order valence-electron chi connectivity index (χ1n) is 9.94. The van der Waals surface area contributed by atoms with Crippen molar-refractivity contribution in [3.8, 4) is 0 Å². The van der Waals surface area contributed by atoms with Gasteiger partial charge >= 0.3 is 5.97 Å². The van der Waals surface area contributed by atoms with Gasteiger partial charge in [-0.15, -0.1) is 0 Å². The highest BCUT2D eigenvalue weighted by molar-refractivity contribution is 6.05. The summed E-state index contributed by atoms with van der Waals surface area (Å²) >= 11 is 0. The molecule has 2 aromatic carbocycles. The molecule has 0 aromatic heterocycles. The van der Waals surface area contributed by atoms with E-state index in [4.69, 9.17) is 4.74 Å². The van der Waals surface area contributed by atoms with E-state index in [9.17, 15) is 14.4 Å². The fourth-order valence-electron chi connectivity index (χ4n) is 3.97. The Kier molecular flexibility index (Phi) is 5.56. The predicted molar refractivity (Wildman–Crippen MR) is 107 cm³/mol. The number of carbonyl (C=O) groups is 3. The van der Waals surface area contributed by atoms with Crippen molar-refractivity contribution in [1.29, 1.82) is 0 Å². The highest BCUT2D eigenvalue weighted by Crippen LogP contribution is 2.36. The zero-order valence-corrected chi connectivity index (χ0v) is 16.2. The lowest BCUT2D eigenvalue weighted by atomic mass is 9.83. The van der Waals surface area contributed by atoms with Crippen molar-refractivity contribution in [1.82, 2.24) is 4.90 Å². The van der Waals surface area contributed by atoms with Crippen LogP contribution in [0.1, 0.15) is 36.8 Å². The minimum atomic E-state index is -0.969. The molecule has 2 aromatic rings. The van der Waals surface area contributed by atoms with E-state index >= 15 is 0 Å². The van der Waals surface area contributed by atoms with Crippen molar-refractivity contribution in [2.75, 3.05) is 0 Å². The lowest BCUT2D eigenvalue weighted by Gasteiger charge is -2.37. The van der Waals surface area contributed by atoms with E-state index in [2.05, 4.69) is 0 Å². The number of hydrogen-bond donors (Lipinski definition) is 0. The molecule has 4 rings (SSSR count). The van der Waals surface area contributed by atoms with Crippen molar-refractivity contribution >= 4 is 17.7 Å². The summed E-state index contributed by atoms with van der Waals surface area (Å²) in [7, 11) is 0. The van der Waals surface area contributed by atoms with Gasteiger partial charge in [-0.25, -0.2) is 0 Å². The Morgan fingerprint density at radius 2 is 1.59 bits per heavy atom. The molecule has 0 fully saturated rings. The molecule has 0 bridgehead atoms. The molecule has 1 aliphatic heterocycles. The summed E-state index contributed by atoms with van der Waals surface area (Å²) in [5.74, 6) is -1.77. The highest BCUT2D eigenvalue weighted by Gasteiger charge is 2.42. The maximum absolute atomic E-state index is 13.2. The van der Waals surface area contributed by atoms with E-state index in [0.717, 1.165) is 23.2 Å². The van der Waals surface area contributed by atoms with Gasteiger partial charge in [0.25, 0.3) is 0 Å². The summed E-state index contributed by atoms with van der Waals surface area (Å²) in [5, 5.41) is 0. The first-order valence-corrected chi connectivity index (χ1v) is 9.94. The summed E-state index contributed by atoms with van der Waals surface area (Å²) in [6, 6.07) is 19.0. The van der Waals surface area contributed by atoms with Crippen LogP contribution in [-0.2, 0) is 32.3 Å². The van der Waals surface area contributed by atoms with Crippen LogP contribution in [0.25, 0.3) is 0 Å². The Labute approximate surface area is 170 Å². The highest BCUT2D eigenvalue weighted by atomic mass is 16.5. The Morgan fingerprint density at radius 3 is 2.28 bits per heavy atom. The Morgan fingerprint density at radius 1 is 0.931 bits per heavy atom. The van der Waals surface area contributed by atoms with Gasteiger partial charge in [0.05, 0.1) is 6.54 Å². The summed E-state index contributed by atoms with van der Waals surface area (Å²) in [4.78, 5) is 40.1. The van der Waals surface area contributed by atoms with Gasteiger partial charge < -0.3 is 9.64 Å². The van der Waals surface area contributed by atoms with Crippen LogP contribution in [0.15, 0.2) is 71.9 Å². The first kappa shape index (κ1) is 19.1. The second-order valence-corrected chi connectivity index (χ2v) is 7.46. The number of allylic oxidation sites excluding steroid dienone is 2. The van der Waals surface area contributed by atoms with Crippen LogP contribution in [0.3, 0.4) is 0 Å². The second kappa shape index (κ2) is 8.43. The van der Waals surface area contributed by atoms with Crippen LogP contribution in [0.5, 0.6) is 0 Å². The van der Waals surface area contributed by atoms with Gasteiger partial charge in [-0.3, -0.25) is 14.4 Å². The van der Waals surface area contributed by atoms with Crippen LogP contribution in [-0.4, -0.2) is 22.6 Å². The molecule has 1 aliphatic carbocycles. The third kappa shape index (κ3) is 4.14. The van der Waals surface area contributed by atoms with Crippen molar-refractivity contribution in [2.45, 2.75) is 38.8 Å². The van der Waals surface area contributed by atoms with E-state index in [0.29, 0.717) is 25.0 Å². The van der Waals surface area contributed by atoms with Gasteiger partial charge in [-0.05, 0) is 30.4 Å². The van der Waals surface area contributed by atoms with Crippen molar-refractivity contribution < 1.29 is 19.1 Å². The summed E-state index contributed by atoms with van der Waals surface area (Å²) < 4.78 is 5.43. The van der Waals surface area contributed by atoms with Gasteiger partial charge in [0.1, 0.15) is 12.5 Å². The molecule has 5 heteroatoms. The number of benzene rings is 2. The van der Waals surface area contributed by atoms with Crippen LogP contribution in [0, 0.1) is 5.92 Å². The number of hydrogen-bond acceptors (Lipinski definition) is 4. The van der Waals surface area contributed by atoms with Gasteiger partial charge in [0, 0.05) is 17.7 Å². The number of esters is 1. The standard InChI is InChI=1S/C24H23NO4/c26-22-13-7-12-21-19(22)14-20(24(28)29-16-18-10-5-2-6-11-18)23(27)25(21)15-17-8-3-1-4-9-17/h1-6,8-11,20H,7,12-16H2. The smallest absolute Gasteiger partial charge is 0.319 e. The number of ketones is 1. The SMILES string of the molecule is O=C1CCCC2=C1CC(C(=O)OCc1ccccc1)C(=O)N2Cc1ccccc1. The zero-order chi connectivity index (χ0) is 20.2. The molecule has 148 valence electrons. The Balaban J connectivity index is 1.57. The number of Topliss-reactive ketones (excluding diaryl/α,β-unsaturated/α-hetero) is 1. The first-order chi connectivity index (χ1) is 14.1. The topological polar surface area (TPSA) is 63.7 Å². The van der Waals surface area contributed by atoms with Crippen LogP contribution >= 0.6 is 0 Å². The van der Waals surface area contributed by atoms with Gasteiger partial charge in [-0.1, -0.05) is 60.7 Å². The molecule has 0 spiro atoms. The van der Waals surface area contributed by atoms with Crippen LogP contribution in [0.2, 0.25) is 0 Å². The molecule has 2 aliphatic rings. The number of ether oxygens (including phenoxy) is 1. The number of nitrogens with zero attached hydrogens (tertiary/aromatic N) is 1.